The van der Waals surface area contributed by atoms with Gasteiger partial charge in [0.15, 0.2) is 0 Å². The zero-order valence-electron chi connectivity index (χ0n) is 13.6. The number of ether oxygens (including phenoxy) is 2. The van der Waals surface area contributed by atoms with Crippen molar-refractivity contribution in [2.75, 3.05) is 51.8 Å². The number of morpholine rings is 1. The highest BCUT2D eigenvalue weighted by molar-refractivity contribution is 5.59. The number of hydrogen-bond donors (Lipinski definition) is 1. The van der Waals surface area contributed by atoms with Crippen LogP contribution in [0.25, 0.3) is 11.5 Å². The van der Waals surface area contributed by atoms with Crippen molar-refractivity contribution in [1.29, 1.82) is 5.26 Å². The van der Waals surface area contributed by atoms with Gasteiger partial charge in [0.2, 0.25) is 17.5 Å². The highest BCUT2D eigenvalue weighted by Gasteiger charge is 2.15. The van der Waals surface area contributed by atoms with E-state index in [0.717, 1.165) is 44.2 Å². The van der Waals surface area contributed by atoms with E-state index in [4.69, 9.17) is 13.9 Å². The molecule has 7 nitrogen and oxygen atoms in total. The summed E-state index contributed by atoms with van der Waals surface area (Å²) >= 11 is 0. The fraction of sp³-hybridized carbons (Fsp3) is 0.412. The highest BCUT2D eigenvalue weighted by Crippen LogP contribution is 2.26. The molecule has 24 heavy (non-hydrogen) atoms. The molecule has 1 aliphatic heterocycles. The molecule has 0 atom stereocenters. The summed E-state index contributed by atoms with van der Waals surface area (Å²) < 4.78 is 16.2. The fourth-order valence-electron chi connectivity index (χ4n) is 2.53. The lowest BCUT2D eigenvalue weighted by molar-refractivity contribution is 0.0398. The van der Waals surface area contributed by atoms with E-state index in [1.54, 1.807) is 7.11 Å². The van der Waals surface area contributed by atoms with Gasteiger partial charge in [-0.05, 0) is 24.3 Å². The number of hydrogen-bond acceptors (Lipinski definition) is 7. The standard InChI is InChI=1S/C17H20N4O3/c1-22-14-4-2-13(3-5-14)16-20-15(12-18)17(24-16)19-6-7-21-8-10-23-11-9-21/h2-5,19H,6-11H2,1H3. The van der Waals surface area contributed by atoms with Crippen LogP contribution in [0, 0.1) is 11.3 Å². The number of methoxy groups -OCH3 is 1. The average molecular weight is 328 g/mol. The predicted molar refractivity (Wildman–Crippen MR) is 89.0 cm³/mol. The summed E-state index contributed by atoms with van der Waals surface area (Å²) in [7, 11) is 1.62. The third-order valence-corrected chi connectivity index (χ3v) is 3.89. The van der Waals surface area contributed by atoms with Crippen LogP contribution in [-0.4, -0.2) is 56.4 Å². The van der Waals surface area contributed by atoms with Crippen molar-refractivity contribution < 1.29 is 13.9 Å². The van der Waals surface area contributed by atoms with Gasteiger partial charge < -0.3 is 19.2 Å². The topological polar surface area (TPSA) is 83.5 Å². The molecule has 0 aliphatic carbocycles. The van der Waals surface area contributed by atoms with E-state index in [-0.39, 0.29) is 5.69 Å². The molecule has 0 saturated carbocycles. The van der Waals surface area contributed by atoms with Crippen molar-refractivity contribution >= 4 is 5.88 Å². The van der Waals surface area contributed by atoms with Crippen LogP contribution >= 0.6 is 0 Å². The molecular weight excluding hydrogens is 308 g/mol. The van der Waals surface area contributed by atoms with Crippen LogP contribution in [-0.2, 0) is 4.74 Å². The first-order valence-corrected chi connectivity index (χ1v) is 7.89. The van der Waals surface area contributed by atoms with E-state index >= 15 is 0 Å². The maximum atomic E-state index is 9.25. The van der Waals surface area contributed by atoms with Gasteiger partial charge >= 0.3 is 0 Å². The van der Waals surface area contributed by atoms with E-state index < -0.39 is 0 Å². The van der Waals surface area contributed by atoms with Crippen molar-refractivity contribution in [2.24, 2.45) is 0 Å². The number of oxazole rings is 1. The SMILES string of the molecule is COc1ccc(-c2nc(C#N)c(NCCN3CCOCC3)o2)cc1. The van der Waals surface area contributed by atoms with Crippen LogP contribution in [0.4, 0.5) is 5.88 Å². The Morgan fingerprint density at radius 3 is 2.71 bits per heavy atom. The van der Waals surface area contributed by atoms with Gasteiger partial charge in [0, 0.05) is 31.7 Å². The number of anilines is 1. The summed E-state index contributed by atoms with van der Waals surface area (Å²) in [4.78, 5) is 6.56. The van der Waals surface area contributed by atoms with E-state index in [1.165, 1.54) is 0 Å². The zero-order valence-corrected chi connectivity index (χ0v) is 13.6. The van der Waals surface area contributed by atoms with Crippen LogP contribution < -0.4 is 10.1 Å². The van der Waals surface area contributed by atoms with Crippen molar-refractivity contribution in [3.8, 4) is 23.3 Å². The van der Waals surface area contributed by atoms with Gasteiger partial charge in [-0.25, -0.2) is 0 Å². The highest BCUT2D eigenvalue weighted by atomic mass is 16.5. The van der Waals surface area contributed by atoms with Crippen molar-refractivity contribution in [2.45, 2.75) is 0 Å². The first kappa shape index (κ1) is 16.3. The maximum Gasteiger partial charge on any atom is 0.232 e. The molecule has 0 amide bonds. The van der Waals surface area contributed by atoms with Gasteiger partial charge in [-0.15, -0.1) is 0 Å². The summed E-state index contributed by atoms with van der Waals surface area (Å²) in [5.74, 6) is 1.59. The van der Waals surface area contributed by atoms with Gasteiger partial charge in [-0.2, -0.15) is 10.2 Å². The smallest absolute Gasteiger partial charge is 0.232 e. The van der Waals surface area contributed by atoms with Gasteiger partial charge in [-0.1, -0.05) is 0 Å². The molecule has 0 bridgehead atoms. The van der Waals surface area contributed by atoms with Gasteiger partial charge in [0.1, 0.15) is 11.8 Å². The molecule has 1 N–H and O–H groups in total. The molecule has 0 radical (unpaired) electrons. The molecule has 1 fully saturated rings. The number of aromatic nitrogens is 1. The van der Waals surface area contributed by atoms with E-state index in [9.17, 15) is 5.26 Å². The number of rotatable bonds is 6. The molecule has 1 aromatic heterocycles. The third-order valence-electron chi connectivity index (χ3n) is 3.89. The van der Waals surface area contributed by atoms with Crippen LogP contribution in [0.5, 0.6) is 5.75 Å². The lowest BCUT2D eigenvalue weighted by Gasteiger charge is -2.26. The normalized spacial score (nSPS) is 15.0. The summed E-state index contributed by atoms with van der Waals surface area (Å²) in [5.41, 5.74) is 1.07. The van der Waals surface area contributed by atoms with Crippen molar-refractivity contribution in [3.63, 3.8) is 0 Å². The lowest BCUT2D eigenvalue weighted by atomic mass is 10.2. The monoisotopic (exact) mass is 328 g/mol. The van der Waals surface area contributed by atoms with Gasteiger partial charge in [0.25, 0.3) is 0 Å². The molecule has 2 heterocycles. The van der Waals surface area contributed by atoms with Crippen LogP contribution in [0.1, 0.15) is 5.69 Å². The Bertz CT molecular complexity index is 700. The number of benzene rings is 1. The minimum Gasteiger partial charge on any atom is -0.497 e. The first-order valence-electron chi connectivity index (χ1n) is 7.89. The number of nitrogens with zero attached hydrogens (tertiary/aromatic N) is 3. The largest absolute Gasteiger partial charge is 0.497 e. The Balaban J connectivity index is 1.64. The summed E-state index contributed by atoms with van der Waals surface area (Å²) in [6, 6.07) is 9.43. The minimum atomic E-state index is 0.266. The predicted octanol–water partition coefficient (Wildman–Crippen LogP) is 1.97. The lowest BCUT2D eigenvalue weighted by Crippen LogP contribution is -2.39. The number of nitriles is 1. The molecule has 0 spiro atoms. The number of nitrogens with one attached hydrogen (secondary N) is 1. The third kappa shape index (κ3) is 3.85. The van der Waals surface area contributed by atoms with Gasteiger partial charge in [-0.3, -0.25) is 4.90 Å². The second kappa shape index (κ2) is 7.81. The van der Waals surface area contributed by atoms with Crippen LogP contribution in [0.15, 0.2) is 28.7 Å². The zero-order chi connectivity index (χ0) is 16.8. The van der Waals surface area contributed by atoms with E-state index in [1.807, 2.05) is 24.3 Å². The van der Waals surface area contributed by atoms with E-state index in [2.05, 4.69) is 21.3 Å². The Morgan fingerprint density at radius 1 is 1.29 bits per heavy atom. The maximum absolute atomic E-state index is 9.25. The van der Waals surface area contributed by atoms with Crippen LogP contribution in [0.3, 0.4) is 0 Å². The molecule has 3 rings (SSSR count). The molecule has 1 saturated heterocycles. The average Bonchev–Trinajstić information content (AvgIpc) is 3.06. The molecule has 126 valence electrons. The molecule has 7 heteroatoms. The Hall–Kier alpha value is -2.56. The molecule has 0 unspecified atom stereocenters. The summed E-state index contributed by atoms with van der Waals surface area (Å²) in [6.07, 6.45) is 0. The minimum absolute atomic E-state index is 0.266. The fourth-order valence-corrected chi connectivity index (χ4v) is 2.53. The van der Waals surface area contributed by atoms with Crippen molar-refractivity contribution in [3.05, 3.63) is 30.0 Å². The Labute approximate surface area is 140 Å². The Morgan fingerprint density at radius 2 is 2.04 bits per heavy atom. The molecule has 2 aromatic rings. The van der Waals surface area contributed by atoms with E-state index in [0.29, 0.717) is 18.3 Å². The van der Waals surface area contributed by atoms with Crippen molar-refractivity contribution in [1.82, 2.24) is 9.88 Å². The summed E-state index contributed by atoms with van der Waals surface area (Å²) in [6.45, 7) is 4.96. The first-order chi connectivity index (χ1) is 11.8. The summed E-state index contributed by atoms with van der Waals surface area (Å²) in [5, 5.41) is 12.4. The quantitative estimate of drug-likeness (QED) is 0.868. The van der Waals surface area contributed by atoms with Crippen LogP contribution in [0.2, 0.25) is 0 Å². The molecule has 1 aliphatic rings. The second-order valence-corrected chi connectivity index (χ2v) is 5.42. The molecule has 1 aromatic carbocycles. The Kier molecular flexibility index (Phi) is 5.31. The second-order valence-electron chi connectivity index (χ2n) is 5.42. The van der Waals surface area contributed by atoms with Gasteiger partial charge in [0.05, 0.1) is 20.3 Å². The molecular formula is C17H20N4O3.